The van der Waals surface area contributed by atoms with Gasteiger partial charge in [-0.3, -0.25) is 9.52 Å². The highest BCUT2D eigenvalue weighted by Gasteiger charge is 2.20. The molecule has 31 heavy (non-hydrogen) atoms. The number of thioether (sulfide) groups is 1. The minimum absolute atomic E-state index is 0.0478. The van der Waals surface area contributed by atoms with E-state index in [-0.39, 0.29) is 21.4 Å². The van der Waals surface area contributed by atoms with Gasteiger partial charge in [0.25, 0.3) is 15.9 Å². The van der Waals surface area contributed by atoms with E-state index in [4.69, 9.17) is 11.6 Å². The van der Waals surface area contributed by atoms with E-state index in [1.165, 1.54) is 23.8 Å². The van der Waals surface area contributed by atoms with E-state index in [0.29, 0.717) is 18.0 Å². The lowest BCUT2D eigenvalue weighted by Gasteiger charge is -2.12. The molecular weight excluding hydrogens is 452 g/mol. The van der Waals surface area contributed by atoms with Crippen LogP contribution in [0.3, 0.4) is 0 Å². The second-order valence-corrected chi connectivity index (χ2v) is 10.3. The number of hydrogen-bond acceptors (Lipinski definition) is 4. The Kier molecular flexibility index (Phi) is 7.64. The molecule has 3 aromatic carbocycles. The van der Waals surface area contributed by atoms with Gasteiger partial charge in [0.15, 0.2) is 0 Å². The monoisotopic (exact) mass is 474 g/mol. The predicted molar refractivity (Wildman–Crippen MR) is 128 cm³/mol. The summed E-state index contributed by atoms with van der Waals surface area (Å²) in [6.45, 7) is 4.35. The molecule has 0 radical (unpaired) electrons. The first-order valence-corrected chi connectivity index (χ1v) is 12.5. The van der Waals surface area contributed by atoms with Gasteiger partial charge >= 0.3 is 0 Å². The Bertz CT molecular complexity index is 1180. The van der Waals surface area contributed by atoms with E-state index in [2.05, 4.69) is 10.0 Å². The zero-order valence-electron chi connectivity index (χ0n) is 17.2. The molecule has 8 heteroatoms. The van der Waals surface area contributed by atoms with Crippen LogP contribution in [-0.4, -0.2) is 26.6 Å². The second kappa shape index (κ2) is 10.2. The van der Waals surface area contributed by atoms with Gasteiger partial charge in [0.2, 0.25) is 0 Å². The Morgan fingerprint density at radius 2 is 1.71 bits per heavy atom. The minimum atomic E-state index is -3.95. The van der Waals surface area contributed by atoms with E-state index >= 15 is 0 Å². The number of benzene rings is 3. The number of halogens is 1. The number of sulfonamides is 1. The Labute approximate surface area is 192 Å². The largest absolute Gasteiger partial charge is 0.351 e. The van der Waals surface area contributed by atoms with Gasteiger partial charge in [-0.1, -0.05) is 41.4 Å². The van der Waals surface area contributed by atoms with Crippen molar-refractivity contribution < 1.29 is 13.2 Å². The van der Waals surface area contributed by atoms with Gasteiger partial charge in [-0.05, 0) is 61.9 Å². The van der Waals surface area contributed by atoms with Crippen molar-refractivity contribution >= 4 is 45.0 Å². The normalized spacial score (nSPS) is 11.2. The third kappa shape index (κ3) is 6.50. The molecule has 0 atom stereocenters. The molecule has 0 spiro atoms. The number of anilines is 1. The molecule has 2 N–H and O–H groups in total. The van der Waals surface area contributed by atoms with Crippen LogP contribution in [0.4, 0.5) is 5.69 Å². The summed E-state index contributed by atoms with van der Waals surface area (Å²) in [5.41, 5.74) is 2.78. The summed E-state index contributed by atoms with van der Waals surface area (Å²) in [7, 11) is -3.95. The number of rotatable bonds is 8. The highest BCUT2D eigenvalue weighted by molar-refractivity contribution is 7.99. The average molecular weight is 475 g/mol. The van der Waals surface area contributed by atoms with E-state index in [1.54, 1.807) is 30.0 Å². The maximum Gasteiger partial charge on any atom is 0.263 e. The summed E-state index contributed by atoms with van der Waals surface area (Å²) in [4.78, 5) is 13.5. The van der Waals surface area contributed by atoms with Crippen LogP contribution >= 0.6 is 23.4 Å². The lowest BCUT2D eigenvalue weighted by molar-refractivity contribution is 0.0956. The molecule has 1 amide bonds. The van der Waals surface area contributed by atoms with Crippen LogP contribution in [0, 0.1) is 13.8 Å². The molecule has 3 rings (SSSR count). The molecule has 0 saturated carbocycles. The molecule has 5 nitrogen and oxygen atoms in total. The topological polar surface area (TPSA) is 75.3 Å². The lowest BCUT2D eigenvalue weighted by Crippen LogP contribution is -2.26. The molecule has 0 aliphatic heterocycles. The van der Waals surface area contributed by atoms with Crippen molar-refractivity contribution in [2.45, 2.75) is 23.6 Å². The molecule has 0 saturated heterocycles. The van der Waals surface area contributed by atoms with Crippen molar-refractivity contribution in [3.8, 4) is 0 Å². The number of carbonyl (C=O) groups excluding carboxylic acids is 1. The molecule has 0 bridgehead atoms. The lowest BCUT2D eigenvalue weighted by atomic mass is 10.2. The van der Waals surface area contributed by atoms with Gasteiger partial charge in [-0.25, -0.2) is 8.42 Å². The maximum absolute atomic E-state index is 12.8. The van der Waals surface area contributed by atoms with Crippen LogP contribution in [-0.2, 0) is 10.0 Å². The Balaban J connectivity index is 1.65. The summed E-state index contributed by atoms with van der Waals surface area (Å²) in [6.07, 6.45) is 0. The van der Waals surface area contributed by atoms with Gasteiger partial charge in [0.05, 0.1) is 5.02 Å². The van der Waals surface area contributed by atoms with Crippen molar-refractivity contribution in [1.82, 2.24) is 5.32 Å². The van der Waals surface area contributed by atoms with Gasteiger partial charge in [-0.15, -0.1) is 11.8 Å². The summed E-state index contributed by atoms with van der Waals surface area (Å²) < 4.78 is 28.1. The standard InChI is InChI=1S/C23H23ClN2O3S2/c1-16-6-9-20(10-7-16)30-13-12-25-23(27)18-8-11-21(24)22(15-18)31(28,29)26-19-5-3-4-17(2)14-19/h3-11,14-15,26H,12-13H2,1-2H3,(H,25,27). The quantitative estimate of drug-likeness (QED) is 0.344. The molecule has 0 unspecified atom stereocenters. The first-order valence-electron chi connectivity index (χ1n) is 9.61. The van der Waals surface area contributed by atoms with E-state index in [0.717, 1.165) is 10.5 Å². The molecule has 0 aliphatic carbocycles. The average Bonchev–Trinajstić information content (AvgIpc) is 2.72. The smallest absolute Gasteiger partial charge is 0.263 e. The van der Waals surface area contributed by atoms with Crippen LogP contribution in [0.5, 0.6) is 0 Å². The van der Waals surface area contributed by atoms with Gasteiger partial charge in [-0.2, -0.15) is 0 Å². The summed E-state index contributed by atoms with van der Waals surface area (Å²) in [5.74, 6) is 0.343. The third-order valence-electron chi connectivity index (χ3n) is 4.43. The highest BCUT2D eigenvalue weighted by atomic mass is 35.5. The van der Waals surface area contributed by atoms with Crippen LogP contribution in [0.2, 0.25) is 5.02 Å². The van der Waals surface area contributed by atoms with Crippen molar-refractivity contribution in [3.63, 3.8) is 0 Å². The van der Waals surface area contributed by atoms with Crippen LogP contribution in [0.1, 0.15) is 21.5 Å². The Hall–Kier alpha value is -2.48. The summed E-state index contributed by atoms with van der Waals surface area (Å²) in [6, 6.07) is 19.4. The fourth-order valence-electron chi connectivity index (χ4n) is 2.84. The number of carbonyl (C=O) groups is 1. The number of amides is 1. The first kappa shape index (κ1) is 23.2. The highest BCUT2D eigenvalue weighted by Crippen LogP contribution is 2.25. The van der Waals surface area contributed by atoms with Crippen LogP contribution < -0.4 is 10.0 Å². The first-order chi connectivity index (χ1) is 14.7. The molecule has 0 aliphatic rings. The van der Waals surface area contributed by atoms with Crippen LogP contribution in [0.15, 0.2) is 76.5 Å². The SMILES string of the molecule is Cc1ccc(SCCNC(=O)c2ccc(Cl)c(S(=O)(=O)Nc3cccc(C)c3)c2)cc1. The van der Waals surface area contributed by atoms with Gasteiger partial charge in [0, 0.05) is 28.4 Å². The summed E-state index contributed by atoms with van der Waals surface area (Å²) in [5, 5.41) is 2.87. The number of hydrogen-bond donors (Lipinski definition) is 2. The van der Waals surface area contributed by atoms with Gasteiger partial charge in [0.1, 0.15) is 4.90 Å². The van der Waals surface area contributed by atoms with Gasteiger partial charge < -0.3 is 5.32 Å². The van der Waals surface area contributed by atoms with Crippen molar-refractivity contribution in [1.29, 1.82) is 0 Å². The molecule has 0 fully saturated rings. The minimum Gasteiger partial charge on any atom is -0.351 e. The molecule has 0 heterocycles. The fraction of sp³-hybridized carbons (Fsp3) is 0.174. The van der Waals surface area contributed by atoms with E-state index in [1.807, 2.05) is 44.2 Å². The van der Waals surface area contributed by atoms with Crippen molar-refractivity contribution in [3.05, 3.63) is 88.4 Å². The van der Waals surface area contributed by atoms with E-state index in [9.17, 15) is 13.2 Å². The number of aryl methyl sites for hydroxylation is 2. The molecule has 0 aromatic heterocycles. The zero-order valence-corrected chi connectivity index (χ0v) is 19.6. The zero-order chi connectivity index (χ0) is 22.4. The van der Waals surface area contributed by atoms with Crippen LogP contribution in [0.25, 0.3) is 0 Å². The fourth-order valence-corrected chi connectivity index (χ4v) is 5.18. The Morgan fingerprint density at radius 1 is 0.968 bits per heavy atom. The third-order valence-corrected chi connectivity index (χ3v) is 7.31. The molecule has 3 aromatic rings. The van der Waals surface area contributed by atoms with E-state index < -0.39 is 10.0 Å². The Morgan fingerprint density at radius 3 is 2.42 bits per heavy atom. The van der Waals surface area contributed by atoms with Crippen molar-refractivity contribution in [2.24, 2.45) is 0 Å². The molecule has 162 valence electrons. The summed E-state index contributed by atoms with van der Waals surface area (Å²) >= 11 is 7.77. The molecular formula is C23H23ClN2O3S2. The maximum atomic E-state index is 12.8. The van der Waals surface area contributed by atoms with Crippen molar-refractivity contribution in [2.75, 3.05) is 17.0 Å². The second-order valence-electron chi connectivity index (χ2n) is 7.04. The predicted octanol–water partition coefficient (Wildman–Crippen LogP) is 5.28. The number of nitrogens with one attached hydrogen (secondary N) is 2.